The number of hydrogen-bond donors (Lipinski definition) is 1. The number of carbonyl (C=O) groups is 1. The van der Waals surface area contributed by atoms with Crippen molar-refractivity contribution in [2.45, 2.75) is 4.90 Å². The van der Waals surface area contributed by atoms with Gasteiger partial charge in [0.05, 0.1) is 16.5 Å². The fourth-order valence-electron chi connectivity index (χ4n) is 1.29. The summed E-state index contributed by atoms with van der Waals surface area (Å²) in [5.41, 5.74) is 0.567. The highest BCUT2D eigenvalue weighted by Gasteiger charge is 2.06. The highest BCUT2D eigenvalue weighted by Crippen LogP contribution is 2.29. The number of thiol groups is 1. The van der Waals surface area contributed by atoms with Crippen LogP contribution in [-0.4, -0.2) is 6.29 Å². The molecule has 0 aliphatic heterocycles. The summed E-state index contributed by atoms with van der Waals surface area (Å²) in [6.45, 7) is 0. The van der Waals surface area contributed by atoms with E-state index < -0.39 is 0 Å². The van der Waals surface area contributed by atoms with E-state index in [-0.39, 0.29) is 0 Å². The second-order valence-corrected chi connectivity index (χ2v) is 4.42. The number of thiophene rings is 1. The summed E-state index contributed by atoms with van der Waals surface area (Å²) < 4.78 is 0.927. The van der Waals surface area contributed by atoms with Crippen molar-refractivity contribution >= 4 is 40.3 Å². The van der Waals surface area contributed by atoms with Gasteiger partial charge in [-0.3, -0.25) is 4.79 Å². The summed E-state index contributed by atoms with van der Waals surface area (Å²) in [4.78, 5) is 11.9. The van der Waals surface area contributed by atoms with Crippen molar-refractivity contribution in [1.29, 1.82) is 5.26 Å². The molecule has 68 valence electrons. The van der Waals surface area contributed by atoms with Gasteiger partial charge in [0.25, 0.3) is 0 Å². The van der Waals surface area contributed by atoms with Crippen LogP contribution in [0, 0.1) is 11.3 Å². The van der Waals surface area contributed by atoms with Gasteiger partial charge >= 0.3 is 0 Å². The highest BCUT2D eigenvalue weighted by molar-refractivity contribution is 7.80. The smallest absolute Gasteiger partial charge is 0.160 e. The number of nitriles is 1. The Morgan fingerprint density at radius 1 is 1.43 bits per heavy atom. The van der Waals surface area contributed by atoms with Gasteiger partial charge in [-0.05, 0) is 18.2 Å². The van der Waals surface area contributed by atoms with Crippen molar-refractivity contribution in [1.82, 2.24) is 0 Å². The molecule has 0 saturated heterocycles. The van der Waals surface area contributed by atoms with E-state index in [0.29, 0.717) is 10.4 Å². The van der Waals surface area contributed by atoms with Gasteiger partial charge in [0.2, 0.25) is 0 Å². The molecule has 0 unspecified atom stereocenters. The predicted molar refractivity (Wildman–Crippen MR) is 59.2 cm³/mol. The molecule has 0 saturated carbocycles. The van der Waals surface area contributed by atoms with E-state index in [2.05, 4.69) is 18.7 Å². The zero-order valence-corrected chi connectivity index (χ0v) is 8.73. The van der Waals surface area contributed by atoms with Crippen LogP contribution in [-0.2, 0) is 0 Å². The summed E-state index contributed by atoms with van der Waals surface area (Å²) in [6.07, 6.45) is 0.796. The standard InChI is InChI=1S/C10H5NOS2/c11-4-6-1-7(13)2-10-9(6)3-8(5-12)14-10/h1-3,5,13H. The second-order valence-electron chi connectivity index (χ2n) is 2.78. The topological polar surface area (TPSA) is 40.9 Å². The monoisotopic (exact) mass is 219 g/mol. The quantitative estimate of drug-likeness (QED) is 0.592. The molecule has 0 aliphatic rings. The second kappa shape index (κ2) is 3.45. The first-order valence-corrected chi connectivity index (χ1v) is 5.13. The van der Waals surface area contributed by atoms with Gasteiger partial charge < -0.3 is 0 Å². The van der Waals surface area contributed by atoms with Crippen LogP contribution >= 0.6 is 24.0 Å². The number of hydrogen-bond acceptors (Lipinski definition) is 4. The third kappa shape index (κ3) is 1.41. The number of rotatable bonds is 1. The Bertz CT molecular complexity index is 551. The first-order chi connectivity index (χ1) is 6.74. The summed E-state index contributed by atoms with van der Waals surface area (Å²) >= 11 is 5.56. The molecule has 0 radical (unpaired) electrons. The Morgan fingerprint density at radius 3 is 2.86 bits per heavy atom. The lowest BCUT2D eigenvalue weighted by molar-refractivity contribution is 0.112. The molecule has 1 aromatic heterocycles. The zero-order chi connectivity index (χ0) is 10.1. The first kappa shape index (κ1) is 9.25. The number of carbonyl (C=O) groups excluding carboxylic acids is 1. The Kier molecular flexibility index (Phi) is 2.28. The molecule has 1 heterocycles. The third-order valence-electron chi connectivity index (χ3n) is 1.88. The van der Waals surface area contributed by atoms with E-state index in [1.807, 2.05) is 6.07 Å². The average Bonchev–Trinajstić information content (AvgIpc) is 2.59. The van der Waals surface area contributed by atoms with Crippen LogP contribution in [0.4, 0.5) is 0 Å². The minimum Gasteiger partial charge on any atom is -0.297 e. The van der Waals surface area contributed by atoms with Crippen LogP contribution in [0.2, 0.25) is 0 Å². The molecule has 14 heavy (non-hydrogen) atoms. The first-order valence-electron chi connectivity index (χ1n) is 3.86. The van der Waals surface area contributed by atoms with Gasteiger partial charge in [-0.25, -0.2) is 0 Å². The summed E-state index contributed by atoms with van der Waals surface area (Å²) in [5, 5.41) is 9.71. The van der Waals surface area contributed by atoms with Gasteiger partial charge in [0, 0.05) is 15.0 Å². The number of nitrogens with zero attached hydrogens (tertiary/aromatic N) is 1. The van der Waals surface area contributed by atoms with Crippen LogP contribution in [0.5, 0.6) is 0 Å². The Balaban J connectivity index is 2.86. The van der Waals surface area contributed by atoms with E-state index in [4.69, 9.17) is 5.26 Å². The van der Waals surface area contributed by atoms with E-state index in [1.54, 1.807) is 12.1 Å². The van der Waals surface area contributed by atoms with Gasteiger partial charge in [-0.2, -0.15) is 5.26 Å². The lowest BCUT2D eigenvalue weighted by Gasteiger charge is -1.94. The molecule has 2 aromatic rings. The molecule has 0 atom stereocenters. The normalized spacial score (nSPS) is 10.0. The largest absolute Gasteiger partial charge is 0.297 e. The van der Waals surface area contributed by atoms with Crippen molar-refractivity contribution in [3.05, 3.63) is 28.6 Å². The summed E-state index contributed by atoms with van der Waals surface area (Å²) in [6, 6.07) is 7.38. The molecule has 0 bridgehead atoms. The van der Waals surface area contributed by atoms with E-state index >= 15 is 0 Å². The minimum absolute atomic E-state index is 0.567. The lowest BCUT2D eigenvalue weighted by atomic mass is 10.1. The molecule has 0 spiro atoms. The van der Waals surface area contributed by atoms with E-state index in [9.17, 15) is 4.79 Å². The Hall–Kier alpha value is -1.31. The minimum atomic E-state index is 0.567. The molecular formula is C10H5NOS2. The predicted octanol–water partition coefficient (Wildman–Crippen LogP) is 2.87. The lowest BCUT2D eigenvalue weighted by Crippen LogP contribution is -1.75. The molecule has 0 fully saturated rings. The number of aldehydes is 1. The van der Waals surface area contributed by atoms with Crippen molar-refractivity contribution in [3.8, 4) is 6.07 Å². The molecule has 1 aromatic carbocycles. The van der Waals surface area contributed by atoms with Crippen LogP contribution in [0.25, 0.3) is 10.1 Å². The van der Waals surface area contributed by atoms with Crippen molar-refractivity contribution in [3.63, 3.8) is 0 Å². The maximum Gasteiger partial charge on any atom is 0.160 e. The highest BCUT2D eigenvalue weighted by atomic mass is 32.1. The SMILES string of the molecule is N#Cc1cc(S)cc2sc(C=O)cc12. The van der Waals surface area contributed by atoms with E-state index in [1.165, 1.54) is 11.3 Å². The Labute approximate surface area is 90.2 Å². The number of fused-ring (bicyclic) bond motifs is 1. The molecular weight excluding hydrogens is 214 g/mol. The van der Waals surface area contributed by atoms with Gasteiger partial charge in [-0.15, -0.1) is 24.0 Å². The van der Waals surface area contributed by atoms with Crippen LogP contribution in [0.15, 0.2) is 23.1 Å². The van der Waals surface area contributed by atoms with E-state index in [0.717, 1.165) is 21.3 Å². The maximum absolute atomic E-state index is 10.6. The summed E-state index contributed by atoms with van der Waals surface area (Å²) in [5.74, 6) is 0. The van der Waals surface area contributed by atoms with Crippen LogP contribution in [0.1, 0.15) is 15.2 Å². The van der Waals surface area contributed by atoms with Crippen LogP contribution < -0.4 is 0 Å². The van der Waals surface area contributed by atoms with Crippen LogP contribution in [0.3, 0.4) is 0 Å². The summed E-state index contributed by atoms with van der Waals surface area (Å²) in [7, 11) is 0. The third-order valence-corrected chi connectivity index (χ3v) is 3.14. The van der Waals surface area contributed by atoms with Gasteiger partial charge in [-0.1, -0.05) is 0 Å². The van der Waals surface area contributed by atoms with Gasteiger partial charge in [0.1, 0.15) is 0 Å². The fourth-order valence-corrected chi connectivity index (χ4v) is 2.58. The van der Waals surface area contributed by atoms with Crippen molar-refractivity contribution in [2.75, 3.05) is 0 Å². The Morgan fingerprint density at radius 2 is 2.21 bits per heavy atom. The number of benzene rings is 1. The molecule has 0 aliphatic carbocycles. The molecule has 2 rings (SSSR count). The molecule has 0 N–H and O–H groups in total. The average molecular weight is 219 g/mol. The van der Waals surface area contributed by atoms with Gasteiger partial charge in [0.15, 0.2) is 6.29 Å². The fraction of sp³-hybridized carbons (Fsp3) is 0. The molecule has 0 amide bonds. The maximum atomic E-state index is 10.6. The molecule has 4 heteroatoms. The van der Waals surface area contributed by atoms with Crippen molar-refractivity contribution in [2.24, 2.45) is 0 Å². The zero-order valence-electron chi connectivity index (χ0n) is 7.02. The van der Waals surface area contributed by atoms with Crippen molar-refractivity contribution < 1.29 is 4.79 Å². The molecule has 2 nitrogen and oxygen atoms in total.